The number of nitrogens with one attached hydrogen (secondary N) is 1. The maximum Gasteiger partial charge on any atom is 0.242 e. The largest absolute Gasteiger partial charge is 0.354 e. The SMILES string of the molecule is CCCCNC(=O)[C@@H](CC)N(Cc1ccc(Cl)cc1Cl)C(=O)CCSCc1ccccc1. The number of halogens is 2. The Bertz CT molecular complexity index is 864. The van der Waals surface area contributed by atoms with Crippen molar-refractivity contribution in [3.63, 3.8) is 0 Å². The molecule has 0 unspecified atom stereocenters. The summed E-state index contributed by atoms with van der Waals surface area (Å²) in [7, 11) is 0. The number of hydrogen-bond acceptors (Lipinski definition) is 3. The van der Waals surface area contributed by atoms with Gasteiger partial charge in [-0.2, -0.15) is 11.8 Å². The molecular formula is C25H32Cl2N2O2S. The molecule has 0 spiro atoms. The zero-order chi connectivity index (χ0) is 23.3. The fraction of sp³-hybridized carbons (Fsp3) is 0.440. The van der Waals surface area contributed by atoms with E-state index in [0.717, 1.165) is 24.2 Å². The summed E-state index contributed by atoms with van der Waals surface area (Å²) in [6, 6.07) is 14.9. The number of rotatable bonds is 13. The highest BCUT2D eigenvalue weighted by atomic mass is 35.5. The van der Waals surface area contributed by atoms with E-state index >= 15 is 0 Å². The molecular weight excluding hydrogens is 463 g/mol. The van der Waals surface area contributed by atoms with Crippen LogP contribution < -0.4 is 5.32 Å². The Morgan fingerprint density at radius 1 is 1.09 bits per heavy atom. The quantitative estimate of drug-likeness (QED) is 0.330. The maximum absolute atomic E-state index is 13.2. The topological polar surface area (TPSA) is 49.4 Å². The van der Waals surface area contributed by atoms with Crippen LogP contribution in [-0.2, 0) is 21.9 Å². The summed E-state index contributed by atoms with van der Waals surface area (Å²) in [6.07, 6.45) is 2.81. The number of unbranched alkanes of at least 4 members (excludes halogenated alkanes) is 1. The normalized spacial score (nSPS) is 11.8. The van der Waals surface area contributed by atoms with E-state index in [0.29, 0.717) is 35.2 Å². The van der Waals surface area contributed by atoms with E-state index in [1.165, 1.54) is 5.56 Å². The van der Waals surface area contributed by atoms with Crippen molar-refractivity contribution in [3.8, 4) is 0 Å². The molecule has 0 heterocycles. The summed E-state index contributed by atoms with van der Waals surface area (Å²) in [6.45, 7) is 4.90. The molecule has 2 aromatic rings. The molecule has 174 valence electrons. The van der Waals surface area contributed by atoms with E-state index in [1.807, 2.05) is 31.2 Å². The second-order valence-corrected chi connectivity index (χ2v) is 9.56. The third-order valence-electron chi connectivity index (χ3n) is 5.14. The van der Waals surface area contributed by atoms with Gasteiger partial charge in [0, 0.05) is 41.1 Å². The Balaban J connectivity index is 2.08. The van der Waals surface area contributed by atoms with Crippen LogP contribution in [-0.4, -0.2) is 35.1 Å². The van der Waals surface area contributed by atoms with Crippen molar-refractivity contribution in [2.75, 3.05) is 12.3 Å². The van der Waals surface area contributed by atoms with E-state index in [1.54, 1.807) is 28.8 Å². The average molecular weight is 496 g/mol. The molecule has 0 saturated carbocycles. The third-order valence-corrected chi connectivity index (χ3v) is 6.76. The molecule has 1 atom stereocenters. The van der Waals surface area contributed by atoms with Crippen LogP contribution in [0.3, 0.4) is 0 Å². The summed E-state index contributed by atoms with van der Waals surface area (Å²) in [5.74, 6) is 1.38. The third kappa shape index (κ3) is 8.68. The van der Waals surface area contributed by atoms with Crippen molar-refractivity contribution >= 4 is 46.8 Å². The van der Waals surface area contributed by atoms with Crippen LogP contribution in [0.25, 0.3) is 0 Å². The number of thioether (sulfide) groups is 1. The molecule has 4 nitrogen and oxygen atoms in total. The molecule has 2 aromatic carbocycles. The molecule has 32 heavy (non-hydrogen) atoms. The van der Waals surface area contributed by atoms with Gasteiger partial charge in [-0.15, -0.1) is 0 Å². The maximum atomic E-state index is 13.2. The van der Waals surface area contributed by atoms with Gasteiger partial charge < -0.3 is 10.2 Å². The van der Waals surface area contributed by atoms with E-state index in [2.05, 4.69) is 24.4 Å². The van der Waals surface area contributed by atoms with Crippen molar-refractivity contribution in [3.05, 3.63) is 69.7 Å². The second-order valence-electron chi connectivity index (χ2n) is 7.61. The first-order valence-corrected chi connectivity index (χ1v) is 13.0. The number of nitrogens with zero attached hydrogens (tertiary/aromatic N) is 1. The molecule has 7 heteroatoms. The Hall–Kier alpha value is -1.69. The molecule has 2 rings (SSSR count). The summed E-state index contributed by atoms with van der Waals surface area (Å²) in [4.78, 5) is 27.8. The van der Waals surface area contributed by atoms with Gasteiger partial charge in [-0.25, -0.2) is 0 Å². The first-order chi connectivity index (χ1) is 15.5. The first-order valence-electron chi connectivity index (χ1n) is 11.1. The van der Waals surface area contributed by atoms with Gasteiger partial charge >= 0.3 is 0 Å². The Kier molecular flexibility index (Phi) is 12.0. The molecule has 0 aliphatic rings. The molecule has 0 fully saturated rings. The predicted molar refractivity (Wildman–Crippen MR) is 136 cm³/mol. The van der Waals surface area contributed by atoms with Gasteiger partial charge in [0.05, 0.1) is 0 Å². The summed E-state index contributed by atoms with van der Waals surface area (Å²) in [5.41, 5.74) is 2.01. The van der Waals surface area contributed by atoms with Crippen LogP contribution in [0.4, 0.5) is 0 Å². The number of benzene rings is 2. The molecule has 0 bridgehead atoms. The van der Waals surface area contributed by atoms with Gasteiger partial charge in [-0.05, 0) is 36.1 Å². The number of carbonyl (C=O) groups excluding carboxylic acids is 2. The monoisotopic (exact) mass is 494 g/mol. The van der Waals surface area contributed by atoms with Crippen molar-refractivity contribution < 1.29 is 9.59 Å². The first kappa shape index (κ1) is 26.6. The lowest BCUT2D eigenvalue weighted by Crippen LogP contribution is -2.49. The summed E-state index contributed by atoms with van der Waals surface area (Å²) in [5, 5.41) is 4.01. The van der Waals surface area contributed by atoms with E-state index in [9.17, 15) is 9.59 Å². The van der Waals surface area contributed by atoms with Crippen LogP contribution in [0.15, 0.2) is 48.5 Å². The van der Waals surface area contributed by atoms with Gasteiger partial charge in [0.15, 0.2) is 0 Å². The zero-order valence-electron chi connectivity index (χ0n) is 18.8. The van der Waals surface area contributed by atoms with Crippen LogP contribution in [0.2, 0.25) is 10.0 Å². The second kappa shape index (κ2) is 14.5. The predicted octanol–water partition coefficient (Wildman–Crippen LogP) is 6.34. The summed E-state index contributed by atoms with van der Waals surface area (Å²) >= 11 is 14.1. The van der Waals surface area contributed by atoms with E-state index in [4.69, 9.17) is 23.2 Å². The lowest BCUT2D eigenvalue weighted by molar-refractivity contribution is -0.141. The lowest BCUT2D eigenvalue weighted by Gasteiger charge is -2.31. The molecule has 0 saturated heterocycles. The van der Waals surface area contributed by atoms with Crippen molar-refractivity contribution in [1.82, 2.24) is 10.2 Å². The molecule has 0 aliphatic carbocycles. The Labute approximate surface area is 206 Å². The minimum Gasteiger partial charge on any atom is -0.354 e. The van der Waals surface area contributed by atoms with Crippen LogP contribution >= 0.6 is 35.0 Å². The average Bonchev–Trinajstić information content (AvgIpc) is 2.78. The molecule has 1 N–H and O–H groups in total. The van der Waals surface area contributed by atoms with Crippen LogP contribution in [0.1, 0.15) is 50.7 Å². The highest BCUT2D eigenvalue weighted by Crippen LogP contribution is 2.24. The van der Waals surface area contributed by atoms with Crippen molar-refractivity contribution in [2.45, 2.75) is 57.9 Å². The molecule has 0 aromatic heterocycles. The van der Waals surface area contributed by atoms with Gasteiger partial charge in [-0.1, -0.05) is 79.9 Å². The van der Waals surface area contributed by atoms with Gasteiger partial charge in [0.1, 0.15) is 6.04 Å². The smallest absolute Gasteiger partial charge is 0.242 e. The number of carbonyl (C=O) groups is 2. The van der Waals surface area contributed by atoms with Crippen LogP contribution in [0, 0.1) is 0 Å². The highest BCUT2D eigenvalue weighted by Gasteiger charge is 2.28. The number of hydrogen-bond donors (Lipinski definition) is 1. The standard InChI is InChI=1S/C25H32Cl2N2O2S/c1-3-5-14-28-25(31)23(4-2)29(17-20-11-12-21(26)16-22(20)27)24(30)13-15-32-18-19-9-7-6-8-10-19/h6-12,16,23H,3-5,13-15,17-18H2,1-2H3,(H,28,31)/t23-/m1/s1. The van der Waals surface area contributed by atoms with Gasteiger partial charge in [0.2, 0.25) is 11.8 Å². The molecule has 0 aliphatic heterocycles. The van der Waals surface area contributed by atoms with Crippen LogP contribution in [0.5, 0.6) is 0 Å². The minimum absolute atomic E-state index is 0.0472. The Morgan fingerprint density at radius 2 is 1.84 bits per heavy atom. The fourth-order valence-electron chi connectivity index (χ4n) is 3.33. The lowest BCUT2D eigenvalue weighted by atomic mass is 10.1. The van der Waals surface area contributed by atoms with Gasteiger partial charge in [0.25, 0.3) is 0 Å². The number of amides is 2. The Morgan fingerprint density at radius 3 is 2.50 bits per heavy atom. The van der Waals surface area contributed by atoms with Crippen molar-refractivity contribution in [2.24, 2.45) is 0 Å². The fourth-order valence-corrected chi connectivity index (χ4v) is 4.69. The van der Waals surface area contributed by atoms with Crippen molar-refractivity contribution in [1.29, 1.82) is 0 Å². The summed E-state index contributed by atoms with van der Waals surface area (Å²) < 4.78 is 0. The van der Waals surface area contributed by atoms with E-state index < -0.39 is 6.04 Å². The highest BCUT2D eigenvalue weighted by molar-refractivity contribution is 7.98. The molecule has 2 amide bonds. The molecule has 0 radical (unpaired) electrons. The minimum atomic E-state index is -0.537. The van der Waals surface area contributed by atoms with Gasteiger partial charge in [-0.3, -0.25) is 9.59 Å². The van der Waals surface area contributed by atoms with E-state index in [-0.39, 0.29) is 18.4 Å². The zero-order valence-corrected chi connectivity index (χ0v) is 21.1.